The van der Waals surface area contributed by atoms with E-state index in [4.69, 9.17) is 0 Å². The lowest BCUT2D eigenvalue weighted by molar-refractivity contribution is -0.124. The largest absolute Gasteiger partial charge is 0.352 e. The van der Waals surface area contributed by atoms with E-state index in [-0.39, 0.29) is 17.9 Å². The quantitative estimate of drug-likeness (QED) is 0.796. The molecule has 6 heteroatoms. The third-order valence-electron chi connectivity index (χ3n) is 4.63. The zero-order chi connectivity index (χ0) is 18.4. The van der Waals surface area contributed by atoms with Crippen LogP contribution in [0.2, 0.25) is 0 Å². The Morgan fingerprint density at radius 1 is 1.04 bits per heavy atom. The molecule has 1 unspecified atom stereocenters. The van der Waals surface area contributed by atoms with Gasteiger partial charge >= 0.3 is 0 Å². The molecule has 0 heterocycles. The summed E-state index contributed by atoms with van der Waals surface area (Å²) in [6, 6.07) is 2.50. The van der Waals surface area contributed by atoms with Crippen molar-refractivity contribution in [3.05, 3.63) is 35.4 Å². The summed E-state index contributed by atoms with van der Waals surface area (Å²) < 4.78 is 27.5. The maximum absolute atomic E-state index is 13.8. The number of rotatable bonds is 5. The molecule has 138 valence electrons. The van der Waals surface area contributed by atoms with Crippen LogP contribution < -0.4 is 10.6 Å². The van der Waals surface area contributed by atoms with Crippen LogP contribution in [0.25, 0.3) is 0 Å². The van der Waals surface area contributed by atoms with Crippen LogP contribution in [0.15, 0.2) is 18.2 Å². The molecule has 0 aromatic heterocycles. The van der Waals surface area contributed by atoms with Crippen molar-refractivity contribution in [2.24, 2.45) is 5.92 Å². The first kappa shape index (κ1) is 19.3. The Labute approximate surface area is 147 Å². The van der Waals surface area contributed by atoms with Gasteiger partial charge in [-0.05, 0) is 30.9 Å². The Bertz CT molecular complexity index is 591. The molecule has 0 radical (unpaired) electrons. The van der Waals surface area contributed by atoms with E-state index in [1.54, 1.807) is 13.8 Å². The maximum Gasteiger partial charge on any atom is 0.257 e. The van der Waals surface area contributed by atoms with Gasteiger partial charge < -0.3 is 10.6 Å². The Hall–Kier alpha value is -1.98. The van der Waals surface area contributed by atoms with Crippen LogP contribution in [0.4, 0.5) is 8.78 Å². The minimum absolute atomic E-state index is 0.0957. The van der Waals surface area contributed by atoms with Crippen molar-refractivity contribution in [3.8, 4) is 0 Å². The molecule has 1 aromatic rings. The number of amides is 2. The molecule has 4 nitrogen and oxygen atoms in total. The summed E-state index contributed by atoms with van der Waals surface area (Å²) in [4.78, 5) is 24.9. The lowest BCUT2D eigenvalue weighted by Crippen LogP contribution is -2.52. The molecule has 2 amide bonds. The topological polar surface area (TPSA) is 58.2 Å². The highest BCUT2D eigenvalue weighted by molar-refractivity contribution is 5.98. The van der Waals surface area contributed by atoms with Crippen molar-refractivity contribution in [2.45, 2.75) is 64.5 Å². The van der Waals surface area contributed by atoms with Gasteiger partial charge in [-0.15, -0.1) is 0 Å². The minimum atomic E-state index is -0.941. The molecule has 1 saturated carbocycles. The molecule has 2 rings (SSSR count). The Morgan fingerprint density at radius 3 is 2.12 bits per heavy atom. The maximum atomic E-state index is 13.8. The van der Waals surface area contributed by atoms with Gasteiger partial charge in [-0.2, -0.15) is 0 Å². The highest BCUT2D eigenvalue weighted by Crippen LogP contribution is 2.18. The van der Waals surface area contributed by atoms with Gasteiger partial charge in [0, 0.05) is 6.04 Å². The fraction of sp³-hybridized carbons (Fsp3) is 0.579. The van der Waals surface area contributed by atoms with Crippen molar-refractivity contribution in [1.82, 2.24) is 10.6 Å². The van der Waals surface area contributed by atoms with E-state index >= 15 is 0 Å². The Balaban J connectivity index is 2.07. The predicted molar refractivity (Wildman–Crippen MR) is 92.1 cm³/mol. The van der Waals surface area contributed by atoms with Gasteiger partial charge in [-0.25, -0.2) is 8.78 Å². The van der Waals surface area contributed by atoms with Gasteiger partial charge in [-0.1, -0.05) is 45.6 Å². The van der Waals surface area contributed by atoms with Gasteiger partial charge in [0.15, 0.2) is 0 Å². The molecule has 0 aliphatic heterocycles. The molecular formula is C19H26F2N2O2. The average Bonchev–Trinajstić information content (AvgIpc) is 2.80. The second-order valence-corrected chi connectivity index (χ2v) is 6.99. The smallest absolute Gasteiger partial charge is 0.257 e. The summed E-state index contributed by atoms with van der Waals surface area (Å²) in [5.41, 5.74) is -0.657. The van der Waals surface area contributed by atoms with E-state index in [1.807, 2.05) is 0 Å². The summed E-state index contributed by atoms with van der Waals surface area (Å²) in [5.74, 6) is -3.30. The SMILES string of the molecule is CC(C)C(NC(=O)c1c(F)cccc1F)C(=O)NC1CCCCCC1. The van der Waals surface area contributed by atoms with E-state index in [2.05, 4.69) is 10.6 Å². The van der Waals surface area contributed by atoms with Gasteiger partial charge in [0.2, 0.25) is 5.91 Å². The third kappa shape index (κ3) is 5.25. The second kappa shape index (κ2) is 8.92. The van der Waals surface area contributed by atoms with E-state index in [9.17, 15) is 18.4 Å². The number of hydrogen-bond acceptors (Lipinski definition) is 2. The summed E-state index contributed by atoms with van der Waals surface area (Å²) in [6.45, 7) is 3.57. The molecule has 0 saturated heterocycles. The van der Waals surface area contributed by atoms with E-state index in [1.165, 1.54) is 18.9 Å². The molecule has 0 spiro atoms. The molecule has 1 aromatic carbocycles. The van der Waals surface area contributed by atoms with Crippen molar-refractivity contribution in [1.29, 1.82) is 0 Å². The first-order valence-electron chi connectivity index (χ1n) is 8.95. The zero-order valence-corrected chi connectivity index (χ0v) is 14.8. The second-order valence-electron chi connectivity index (χ2n) is 6.99. The fourth-order valence-corrected chi connectivity index (χ4v) is 3.18. The highest BCUT2D eigenvalue weighted by atomic mass is 19.1. The van der Waals surface area contributed by atoms with Gasteiger partial charge in [-0.3, -0.25) is 9.59 Å². The van der Waals surface area contributed by atoms with Crippen LogP contribution in [0.3, 0.4) is 0 Å². The van der Waals surface area contributed by atoms with Crippen molar-refractivity contribution in [3.63, 3.8) is 0 Å². The van der Waals surface area contributed by atoms with Crippen LogP contribution in [0.1, 0.15) is 62.7 Å². The fourth-order valence-electron chi connectivity index (χ4n) is 3.18. The molecule has 25 heavy (non-hydrogen) atoms. The van der Waals surface area contributed by atoms with Crippen molar-refractivity contribution in [2.75, 3.05) is 0 Å². The monoisotopic (exact) mass is 352 g/mol. The van der Waals surface area contributed by atoms with Gasteiger partial charge in [0.1, 0.15) is 23.2 Å². The molecule has 2 N–H and O–H groups in total. The van der Waals surface area contributed by atoms with Gasteiger partial charge in [0.05, 0.1) is 0 Å². The molecule has 1 aliphatic carbocycles. The number of hydrogen-bond donors (Lipinski definition) is 2. The van der Waals surface area contributed by atoms with E-state index in [0.717, 1.165) is 37.8 Å². The standard InChI is InChI=1S/C19H26F2N2O2/c1-12(2)17(19(25)22-13-8-5-3-4-6-9-13)23-18(24)16-14(20)10-7-11-15(16)21/h7,10-13,17H,3-6,8-9H2,1-2H3,(H,22,25)(H,23,24). The summed E-state index contributed by atoms with van der Waals surface area (Å²) in [5, 5.41) is 5.47. The van der Waals surface area contributed by atoms with Crippen LogP contribution >= 0.6 is 0 Å². The number of nitrogens with one attached hydrogen (secondary N) is 2. The number of halogens is 2. The van der Waals surface area contributed by atoms with Crippen LogP contribution in [-0.2, 0) is 4.79 Å². The van der Waals surface area contributed by atoms with Crippen LogP contribution in [0.5, 0.6) is 0 Å². The summed E-state index contributed by atoms with van der Waals surface area (Å²) in [7, 11) is 0. The van der Waals surface area contributed by atoms with Crippen LogP contribution in [0, 0.1) is 17.6 Å². The Morgan fingerprint density at radius 2 is 1.60 bits per heavy atom. The molecule has 1 aliphatic rings. The minimum Gasteiger partial charge on any atom is -0.352 e. The number of benzene rings is 1. The first-order valence-corrected chi connectivity index (χ1v) is 8.95. The van der Waals surface area contributed by atoms with Crippen LogP contribution in [-0.4, -0.2) is 23.9 Å². The summed E-state index contributed by atoms with van der Waals surface area (Å²) >= 11 is 0. The summed E-state index contributed by atoms with van der Waals surface area (Å²) in [6.07, 6.45) is 6.33. The van der Waals surface area contributed by atoms with E-state index in [0.29, 0.717) is 0 Å². The van der Waals surface area contributed by atoms with Gasteiger partial charge in [0.25, 0.3) is 5.91 Å². The van der Waals surface area contributed by atoms with Crippen molar-refractivity contribution >= 4 is 11.8 Å². The third-order valence-corrected chi connectivity index (χ3v) is 4.63. The average molecular weight is 352 g/mol. The molecule has 0 bridgehead atoms. The number of carbonyl (C=O) groups is 2. The lowest BCUT2D eigenvalue weighted by Gasteiger charge is -2.25. The Kier molecular flexibility index (Phi) is 6.91. The molecular weight excluding hydrogens is 326 g/mol. The normalized spacial score (nSPS) is 17.0. The first-order chi connectivity index (χ1) is 11.9. The zero-order valence-electron chi connectivity index (χ0n) is 14.8. The van der Waals surface area contributed by atoms with Crippen molar-refractivity contribution < 1.29 is 18.4 Å². The predicted octanol–water partition coefficient (Wildman–Crippen LogP) is 3.56. The lowest BCUT2D eigenvalue weighted by atomic mass is 10.0. The van der Waals surface area contributed by atoms with E-state index < -0.39 is 29.1 Å². The number of carbonyl (C=O) groups excluding carboxylic acids is 2. The highest BCUT2D eigenvalue weighted by Gasteiger charge is 2.28. The molecule has 1 atom stereocenters. The molecule has 1 fully saturated rings.